The minimum Gasteiger partial charge on any atom is -0.368 e. The first-order chi connectivity index (χ1) is 10.1. The average Bonchev–Trinajstić information content (AvgIpc) is 2.96. The monoisotopic (exact) mass is 286 g/mol. The van der Waals surface area contributed by atoms with Crippen molar-refractivity contribution < 1.29 is 14.3 Å². The average molecular weight is 286 g/mol. The summed E-state index contributed by atoms with van der Waals surface area (Å²) in [7, 11) is 0. The molecular weight excluding hydrogens is 268 g/mol. The highest BCUT2D eigenvalue weighted by Crippen LogP contribution is 2.52. The van der Waals surface area contributed by atoms with E-state index in [0.29, 0.717) is 32.5 Å². The molecule has 1 saturated carbocycles. The van der Waals surface area contributed by atoms with Gasteiger partial charge in [-0.1, -0.05) is 30.3 Å². The molecule has 21 heavy (non-hydrogen) atoms. The van der Waals surface area contributed by atoms with Crippen LogP contribution in [0.3, 0.4) is 0 Å². The fraction of sp³-hybridized carbons (Fsp3) is 0.500. The molecule has 2 atom stereocenters. The van der Waals surface area contributed by atoms with Gasteiger partial charge in [-0.3, -0.25) is 4.79 Å². The van der Waals surface area contributed by atoms with Crippen LogP contribution in [0.15, 0.2) is 30.3 Å². The van der Waals surface area contributed by atoms with E-state index in [2.05, 4.69) is 6.07 Å². The van der Waals surface area contributed by atoms with Gasteiger partial charge < -0.3 is 15.2 Å². The number of ether oxygens (including phenoxy) is 2. The zero-order valence-electron chi connectivity index (χ0n) is 11.7. The summed E-state index contributed by atoms with van der Waals surface area (Å²) in [5.41, 5.74) is 5.32. The van der Waals surface area contributed by atoms with Crippen molar-refractivity contribution in [2.45, 2.75) is 31.0 Å². The molecule has 0 aromatic heterocycles. The summed E-state index contributed by atoms with van der Waals surface area (Å²) in [6.45, 7) is 1.11. The summed E-state index contributed by atoms with van der Waals surface area (Å²) in [4.78, 5) is 12.0. The Morgan fingerprint density at radius 3 is 2.48 bits per heavy atom. The number of nitriles is 1. The second-order valence-electron chi connectivity index (χ2n) is 5.72. The number of rotatable bonds is 2. The van der Waals surface area contributed by atoms with Gasteiger partial charge in [0.25, 0.3) is 0 Å². The quantitative estimate of drug-likeness (QED) is 0.896. The fourth-order valence-electron chi connectivity index (χ4n) is 3.48. The lowest BCUT2D eigenvalue weighted by Crippen LogP contribution is -2.50. The molecule has 1 spiro atoms. The van der Waals surface area contributed by atoms with Crippen LogP contribution in [-0.2, 0) is 14.3 Å². The van der Waals surface area contributed by atoms with E-state index in [4.69, 9.17) is 15.2 Å². The molecule has 1 aliphatic heterocycles. The number of nitrogens with two attached hydrogens (primary N) is 1. The van der Waals surface area contributed by atoms with Crippen molar-refractivity contribution in [2.24, 2.45) is 11.1 Å². The van der Waals surface area contributed by atoms with E-state index in [-0.39, 0.29) is 5.92 Å². The van der Waals surface area contributed by atoms with Crippen molar-refractivity contribution >= 4 is 5.91 Å². The van der Waals surface area contributed by atoms with Gasteiger partial charge in [0.1, 0.15) is 5.41 Å². The van der Waals surface area contributed by atoms with E-state index in [1.165, 1.54) is 0 Å². The Morgan fingerprint density at radius 2 is 1.90 bits per heavy atom. The van der Waals surface area contributed by atoms with Crippen LogP contribution in [0, 0.1) is 16.7 Å². The zero-order chi connectivity index (χ0) is 14.9. The van der Waals surface area contributed by atoms with Crippen LogP contribution in [0.4, 0.5) is 0 Å². The van der Waals surface area contributed by atoms with E-state index in [9.17, 15) is 10.1 Å². The molecule has 0 unspecified atom stereocenters. The number of primary amides is 1. The number of nitrogens with zero attached hydrogens (tertiary/aromatic N) is 1. The maximum absolute atomic E-state index is 12.0. The lowest BCUT2D eigenvalue weighted by molar-refractivity contribution is -0.193. The van der Waals surface area contributed by atoms with Gasteiger partial charge in [0.05, 0.1) is 19.3 Å². The van der Waals surface area contributed by atoms with Gasteiger partial charge in [0.15, 0.2) is 5.79 Å². The molecule has 2 fully saturated rings. The van der Waals surface area contributed by atoms with Gasteiger partial charge in [-0.2, -0.15) is 5.26 Å². The first kappa shape index (κ1) is 14.1. The minimum atomic E-state index is -1.19. The van der Waals surface area contributed by atoms with Crippen molar-refractivity contribution in [3.05, 3.63) is 35.9 Å². The largest absolute Gasteiger partial charge is 0.368 e. The number of amides is 1. The van der Waals surface area contributed by atoms with Crippen molar-refractivity contribution in [1.82, 2.24) is 0 Å². The third-order valence-corrected chi connectivity index (χ3v) is 4.66. The summed E-state index contributed by atoms with van der Waals surface area (Å²) in [6, 6.07) is 11.7. The highest BCUT2D eigenvalue weighted by Gasteiger charge is 2.56. The first-order valence-corrected chi connectivity index (χ1v) is 7.16. The van der Waals surface area contributed by atoms with Crippen molar-refractivity contribution in [3.63, 3.8) is 0 Å². The molecular formula is C16H18N2O3. The van der Waals surface area contributed by atoms with E-state index < -0.39 is 17.1 Å². The Morgan fingerprint density at radius 1 is 1.24 bits per heavy atom. The Bertz CT molecular complexity index is 575. The molecule has 0 bridgehead atoms. The smallest absolute Gasteiger partial charge is 0.238 e. The highest BCUT2D eigenvalue weighted by molar-refractivity contribution is 5.85. The van der Waals surface area contributed by atoms with Gasteiger partial charge in [0.2, 0.25) is 5.91 Å². The third-order valence-electron chi connectivity index (χ3n) is 4.66. The predicted octanol–water partition coefficient (Wildman–Crippen LogP) is 1.69. The van der Waals surface area contributed by atoms with E-state index in [1.54, 1.807) is 0 Å². The van der Waals surface area contributed by atoms with E-state index in [0.717, 1.165) is 5.56 Å². The molecule has 1 amide bonds. The Balaban J connectivity index is 2.02. The van der Waals surface area contributed by atoms with E-state index >= 15 is 0 Å². The molecule has 1 heterocycles. The van der Waals surface area contributed by atoms with Crippen LogP contribution in [0.25, 0.3) is 0 Å². The summed E-state index contributed by atoms with van der Waals surface area (Å²) < 4.78 is 11.5. The van der Waals surface area contributed by atoms with Gasteiger partial charge in [-0.15, -0.1) is 0 Å². The maximum Gasteiger partial charge on any atom is 0.238 e. The zero-order valence-corrected chi connectivity index (χ0v) is 11.7. The second kappa shape index (κ2) is 5.14. The Hall–Kier alpha value is -1.90. The molecule has 1 aliphatic carbocycles. The number of carbonyl (C=O) groups is 1. The minimum absolute atomic E-state index is 0.312. The molecule has 5 nitrogen and oxygen atoms in total. The van der Waals surface area contributed by atoms with Crippen molar-refractivity contribution in [2.75, 3.05) is 13.2 Å². The molecule has 110 valence electrons. The molecule has 5 heteroatoms. The molecule has 2 N–H and O–H groups in total. The number of hydrogen-bond donors (Lipinski definition) is 1. The highest BCUT2D eigenvalue weighted by atomic mass is 16.7. The molecule has 2 aliphatic rings. The summed E-state index contributed by atoms with van der Waals surface area (Å²) in [5, 5.41) is 9.64. The van der Waals surface area contributed by atoms with Crippen molar-refractivity contribution in [1.29, 1.82) is 5.26 Å². The SMILES string of the molecule is N#C[C@]1(C(N)=O)CCC2(C[C@@H]1c1ccccc1)OCCO2. The van der Waals surface area contributed by atoms with Crippen LogP contribution in [0.5, 0.6) is 0 Å². The van der Waals surface area contributed by atoms with Crippen LogP contribution in [0.2, 0.25) is 0 Å². The predicted molar refractivity (Wildman–Crippen MR) is 74.9 cm³/mol. The van der Waals surface area contributed by atoms with Crippen LogP contribution < -0.4 is 5.73 Å². The molecule has 1 saturated heterocycles. The normalized spacial score (nSPS) is 30.9. The van der Waals surface area contributed by atoms with Gasteiger partial charge in [-0.25, -0.2) is 0 Å². The maximum atomic E-state index is 12.0. The second-order valence-corrected chi connectivity index (χ2v) is 5.72. The molecule has 3 rings (SSSR count). The molecule has 1 aromatic rings. The van der Waals surface area contributed by atoms with Gasteiger partial charge >= 0.3 is 0 Å². The van der Waals surface area contributed by atoms with Crippen molar-refractivity contribution in [3.8, 4) is 6.07 Å². The Kier molecular flexibility index (Phi) is 3.44. The van der Waals surface area contributed by atoms with Gasteiger partial charge in [-0.05, 0) is 12.0 Å². The third kappa shape index (κ3) is 2.21. The topological polar surface area (TPSA) is 85.3 Å². The fourth-order valence-corrected chi connectivity index (χ4v) is 3.48. The number of carbonyl (C=O) groups excluding carboxylic acids is 1. The summed E-state index contributed by atoms with van der Waals surface area (Å²) >= 11 is 0. The number of hydrogen-bond acceptors (Lipinski definition) is 4. The number of benzene rings is 1. The van der Waals surface area contributed by atoms with Crippen LogP contribution >= 0.6 is 0 Å². The molecule has 1 aromatic carbocycles. The standard InChI is InChI=1S/C16H18N2O3/c17-11-15(14(18)19)6-7-16(20-8-9-21-16)10-13(15)12-4-2-1-3-5-12/h1-5,13H,6-10H2,(H2,18,19)/t13-,15-/m1/s1. The van der Waals surface area contributed by atoms with Crippen LogP contribution in [0.1, 0.15) is 30.7 Å². The van der Waals surface area contributed by atoms with Crippen LogP contribution in [-0.4, -0.2) is 24.9 Å². The summed E-state index contributed by atoms with van der Waals surface area (Å²) in [6.07, 6.45) is 1.36. The first-order valence-electron chi connectivity index (χ1n) is 7.16. The van der Waals surface area contributed by atoms with E-state index in [1.807, 2.05) is 30.3 Å². The lowest BCUT2D eigenvalue weighted by Gasteiger charge is -2.44. The lowest BCUT2D eigenvalue weighted by atomic mass is 9.62. The molecule has 0 radical (unpaired) electrons. The Labute approximate surface area is 123 Å². The van der Waals surface area contributed by atoms with Gasteiger partial charge in [0, 0.05) is 18.8 Å². The summed E-state index contributed by atoms with van der Waals surface area (Å²) in [5.74, 6) is -1.55.